The number of para-hydroxylation sites is 1. The van der Waals surface area contributed by atoms with Crippen LogP contribution >= 0.6 is 11.6 Å². The minimum absolute atomic E-state index is 0.159. The molecule has 4 heterocycles. The lowest BCUT2D eigenvalue weighted by Gasteiger charge is -2.28. The molecule has 1 saturated heterocycles. The molecule has 9 nitrogen and oxygen atoms in total. The highest BCUT2D eigenvalue weighted by molar-refractivity contribution is 6.35. The van der Waals surface area contributed by atoms with Crippen molar-refractivity contribution in [2.75, 3.05) is 17.2 Å². The summed E-state index contributed by atoms with van der Waals surface area (Å²) in [5.41, 5.74) is 9.32. The molecule has 6 rings (SSSR count). The molecular formula is C24H21ClN8O. The number of aromatic nitrogens is 6. The van der Waals surface area contributed by atoms with E-state index in [2.05, 4.69) is 24.8 Å². The highest BCUT2D eigenvalue weighted by atomic mass is 35.5. The van der Waals surface area contributed by atoms with Crippen LogP contribution in [0.5, 0.6) is 0 Å². The summed E-state index contributed by atoms with van der Waals surface area (Å²) in [6.07, 6.45) is 3.27. The molecule has 0 radical (unpaired) electrons. The van der Waals surface area contributed by atoms with Gasteiger partial charge in [-0.2, -0.15) is 9.97 Å². The number of nitrogens with one attached hydrogen (secondary N) is 1. The Hall–Kier alpha value is -3.98. The van der Waals surface area contributed by atoms with Crippen LogP contribution in [0.15, 0.2) is 53.6 Å². The van der Waals surface area contributed by atoms with E-state index >= 15 is 0 Å². The molecule has 1 fully saturated rings. The predicted octanol–water partition coefficient (Wildman–Crippen LogP) is 3.94. The minimum atomic E-state index is -0.218. The Kier molecular flexibility index (Phi) is 4.73. The van der Waals surface area contributed by atoms with E-state index in [4.69, 9.17) is 22.3 Å². The Labute approximate surface area is 199 Å². The fourth-order valence-corrected chi connectivity index (χ4v) is 5.05. The zero-order valence-corrected chi connectivity index (χ0v) is 19.1. The average Bonchev–Trinajstić information content (AvgIpc) is 3.49. The lowest BCUT2D eigenvalue weighted by Crippen LogP contribution is -2.32. The van der Waals surface area contributed by atoms with E-state index in [9.17, 15) is 4.79 Å². The Balaban J connectivity index is 1.64. The van der Waals surface area contributed by atoms with Crippen LogP contribution in [0.1, 0.15) is 30.3 Å². The van der Waals surface area contributed by atoms with Gasteiger partial charge < -0.3 is 15.6 Å². The van der Waals surface area contributed by atoms with E-state index in [0.717, 1.165) is 30.6 Å². The summed E-state index contributed by atoms with van der Waals surface area (Å²) >= 11 is 6.46. The lowest BCUT2D eigenvalue weighted by atomic mass is 10.1. The SMILES string of the molecule is Cc1ccccc1-n1c(C2CCCN2c2nc(N)nc3[nH]cnc23)nc2cccc(Cl)c2c1=O. The van der Waals surface area contributed by atoms with Crippen LogP contribution in [0.4, 0.5) is 11.8 Å². The smallest absolute Gasteiger partial charge is 0.267 e. The molecule has 1 aliphatic heterocycles. The first-order valence-electron chi connectivity index (χ1n) is 11.0. The molecule has 0 bridgehead atoms. The number of imidazole rings is 1. The molecule has 170 valence electrons. The molecule has 3 aromatic heterocycles. The maximum atomic E-state index is 13.9. The Morgan fingerprint density at radius 2 is 1.97 bits per heavy atom. The normalized spacial score (nSPS) is 16.1. The molecule has 5 aromatic rings. The van der Waals surface area contributed by atoms with E-state index in [1.165, 1.54) is 0 Å². The number of benzene rings is 2. The second-order valence-electron chi connectivity index (χ2n) is 8.39. The quantitative estimate of drug-likeness (QED) is 0.408. The number of hydrogen-bond acceptors (Lipinski definition) is 7. The molecule has 1 atom stereocenters. The summed E-state index contributed by atoms with van der Waals surface area (Å²) in [5.74, 6) is 1.42. The van der Waals surface area contributed by atoms with Gasteiger partial charge in [-0.3, -0.25) is 9.36 Å². The Morgan fingerprint density at radius 3 is 2.82 bits per heavy atom. The summed E-state index contributed by atoms with van der Waals surface area (Å²) in [7, 11) is 0. The van der Waals surface area contributed by atoms with Crippen LogP contribution in [0, 0.1) is 6.92 Å². The standard InChI is InChI=1S/C24H21ClN8O/c1-13-6-2-3-9-16(13)33-21(29-15-8-4-7-14(25)18(15)23(33)34)17-10-5-11-32(17)22-19-20(28-12-27-19)30-24(26)31-22/h2-4,6-9,12,17H,5,10-11H2,1H3,(H3,26,27,28,30,31). The minimum Gasteiger partial charge on any atom is -0.368 e. The van der Waals surface area contributed by atoms with E-state index < -0.39 is 0 Å². The van der Waals surface area contributed by atoms with Gasteiger partial charge in [0.25, 0.3) is 5.56 Å². The third kappa shape index (κ3) is 3.12. The van der Waals surface area contributed by atoms with E-state index in [-0.39, 0.29) is 17.5 Å². The first-order chi connectivity index (χ1) is 16.5. The summed E-state index contributed by atoms with van der Waals surface area (Å²) < 4.78 is 1.69. The van der Waals surface area contributed by atoms with Crippen molar-refractivity contribution in [1.82, 2.24) is 29.5 Å². The molecule has 0 saturated carbocycles. The topological polar surface area (TPSA) is 119 Å². The number of nitrogens with zero attached hydrogens (tertiary/aromatic N) is 6. The Bertz CT molecular complexity index is 1630. The summed E-state index contributed by atoms with van der Waals surface area (Å²) in [6.45, 7) is 2.70. The maximum absolute atomic E-state index is 13.9. The van der Waals surface area contributed by atoms with Crippen molar-refractivity contribution in [3.05, 3.63) is 75.6 Å². The van der Waals surface area contributed by atoms with Crippen LogP contribution in [-0.4, -0.2) is 36.0 Å². The fraction of sp³-hybridized carbons (Fsp3) is 0.208. The number of anilines is 2. The lowest BCUT2D eigenvalue weighted by molar-refractivity contribution is 0.633. The number of nitrogen functional groups attached to an aromatic ring is 1. The van der Waals surface area contributed by atoms with Crippen molar-refractivity contribution >= 4 is 45.4 Å². The third-order valence-corrected chi connectivity index (χ3v) is 6.64. The number of halogens is 1. The number of aryl methyl sites for hydroxylation is 1. The van der Waals surface area contributed by atoms with E-state index in [1.54, 1.807) is 17.0 Å². The van der Waals surface area contributed by atoms with Crippen molar-refractivity contribution in [2.45, 2.75) is 25.8 Å². The number of H-pyrrole nitrogens is 1. The number of aromatic amines is 1. The fourth-order valence-electron chi connectivity index (χ4n) is 4.80. The van der Waals surface area contributed by atoms with Gasteiger partial charge in [0, 0.05) is 6.54 Å². The largest absolute Gasteiger partial charge is 0.368 e. The van der Waals surface area contributed by atoms with Crippen LogP contribution in [0.25, 0.3) is 27.8 Å². The molecule has 2 aromatic carbocycles. The third-order valence-electron chi connectivity index (χ3n) is 6.33. The maximum Gasteiger partial charge on any atom is 0.267 e. The molecule has 0 amide bonds. The highest BCUT2D eigenvalue weighted by Crippen LogP contribution is 2.38. The van der Waals surface area contributed by atoms with Crippen molar-refractivity contribution in [3.63, 3.8) is 0 Å². The van der Waals surface area contributed by atoms with Crippen molar-refractivity contribution < 1.29 is 0 Å². The molecule has 10 heteroatoms. The number of fused-ring (bicyclic) bond motifs is 2. The van der Waals surface area contributed by atoms with Crippen LogP contribution in [0.3, 0.4) is 0 Å². The summed E-state index contributed by atoms with van der Waals surface area (Å²) in [6, 6.07) is 12.9. The molecule has 0 aliphatic carbocycles. The van der Waals surface area contributed by atoms with E-state index in [1.807, 2.05) is 43.3 Å². The predicted molar refractivity (Wildman–Crippen MR) is 133 cm³/mol. The van der Waals surface area contributed by atoms with Gasteiger partial charge in [-0.1, -0.05) is 35.9 Å². The second kappa shape index (κ2) is 7.81. The summed E-state index contributed by atoms with van der Waals surface area (Å²) in [5, 5.41) is 0.788. The van der Waals surface area contributed by atoms with Gasteiger partial charge in [0.05, 0.1) is 34.0 Å². The van der Waals surface area contributed by atoms with Crippen LogP contribution < -0.4 is 16.2 Å². The first-order valence-corrected chi connectivity index (χ1v) is 11.4. The first kappa shape index (κ1) is 20.6. The van der Waals surface area contributed by atoms with Gasteiger partial charge >= 0.3 is 0 Å². The zero-order valence-electron chi connectivity index (χ0n) is 18.4. The van der Waals surface area contributed by atoms with Crippen molar-refractivity contribution in [1.29, 1.82) is 0 Å². The van der Waals surface area contributed by atoms with Crippen molar-refractivity contribution in [2.24, 2.45) is 0 Å². The number of rotatable bonds is 3. The van der Waals surface area contributed by atoms with Gasteiger partial charge in [-0.05, 0) is 43.5 Å². The molecule has 1 aliphatic rings. The van der Waals surface area contributed by atoms with Gasteiger partial charge in [-0.15, -0.1) is 0 Å². The van der Waals surface area contributed by atoms with Gasteiger partial charge in [-0.25, -0.2) is 9.97 Å². The van der Waals surface area contributed by atoms with Crippen LogP contribution in [-0.2, 0) is 0 Å². The van der Waals surface area contributed by atoms with Gasteiger partial charge in [0.2, 0.25) is 5.95 Å². The zero-order chi connectivity index (χ0) is 23.4. The number of nitrogens with two attached hydrogens (primary N) is 1. The molecular weight excluding hydrogens is 452 g/mol. The second-order valence-corrected chi connectivity index (χ2v) is 8.79. The van der Waals surface area contributed by atoms with Gasteiger partial charge in [0.1, 0.15) is 5.82 Å². The summed E-state index contributed by atoms with van der Waals surface area (Å²) in [4.78, 5) is 37.2. The highest BCUT2D eigenvalue weighted by Gasteiger charge is 2.34. The van der Waals surface area contributed by atoms with Crippen LogP contribution in [0.2, 0.25) is 5.02 Å². The monoisotopic (exact) mass is 472 g/mol. The van der Waals surface area contributed by atoms with Gasteiger partial charge in [0.15, 0.2) is 17.0 Å². The molecule has 0 spiro atoms. The van der Waals surface area contributed by atoms with E-state index in [0.29, 0.717) is 38.7 Å². The van der Waals surface area contributed by atoms with Crippen molar-refractivity contribution in [3.8, 4) is 5.69 Å². The molecule has 1 unspecified atom stereocenters. The number of hydrogen-bond donors (Lipinski definition) is 2. The Morgan fingerprint density at radius 1 is 1.12 bits per heavy atom. The molecule has 34 heavy (non-hydrogen) atoms. The molecule has 3 N–H and O–H groups in total. The average molecular weight is 473 g/mol.